The SMILES string of the molecule is Cc1ccc(N2CCN(C(=O)CSCc3nc(-c4cccc(C)c4)oc3C)CC2)cc1. The molecule has 0 unspecified atom stereocenters. The lowest BCUT2D eigenvalue weighted by Gasteiger charge is -2.36. The van der Waals surface area contributed by atoms with E-state index in [2.05, 4.69) is 60.1 Å². The highest BCUT2D eigenvalue weighted by molar-refractivity contribution is 7.99. The lowest BCUT2D eigenvalue weighted by atomic mass is 10.1. The molecule has 6 heteroatoms. The number of carbonyl (C=O) groups is 1. The minimum absolute atomic E-state index is 0.202. The van der Waals surface area contributed by atoms with Crippen molar-refractivity contribution >= 4 is 23.4 Å². The molecule has 0 N–H and O–H groups in total. The maximum atomic E-state index is 12.7. The molecule has 2 aromatic carbocycles. The van der Waals surface area contributed by atoms with E-state index < -0.39 is 0 Å². The van der Waals surface area contributed by atoms with Gasteiger partial charge in [-0.15, -0.1) is 11.8 Å². The van der Waals surface area contributed by atoms with Crippen LogP contribution in [0.3, 0.4) is 0 Å². The third kappa shape index (κ3) is 5.31. The first kappa shape index (κ1) is 21.5. The molecule has 1 aliphatic heterocycles. The van der Waals surface area contributed by atoms with Crippen LogP contribution in [0.5, 0.6) is 0 Å². The minimum Gasteiger partial charge on any atom is -0.441 e. The molecule has 4 rings (SSSR count). The third-order valence-corrected chi connectivity index (χ3v) is 6.58. The van der Waals surface area contributed by atoms with Crippen LogP contribution in [0.2, 0.25) is 0 Å². The number of rotatable bonds is 6. The average molecular weight is 436 g/mol. The van der Waals surface area contributed by atoms with Crippen LogP contribution < -0.4 is 4.90 Å². The maximum Gasteiger partial charge on any atom is 0.232 e. The number of thioether (sulfide) groups is 1. The highest BCUT2D eigenvalue weighted by Crippen LogP contribution is 2.25. The van der Waals surface area contributed by atoms with Gasteiger partial charge in [0.05, 0.1) is 11.4 Å². The fourth-order valence-corrected chi connectivity index (χ4v) is 4.68. The van der Waals surface area contributed by atoms with Gasteiger partial charge < -0.3 is 14.2 Å². The summed E-state index contributed by atoms with van der Waals surface area (Å²) in [6.45, 7) is 9.39. The number of oxazole rings is 1. The number of amides is 1. The lowest BCUT2D eigenvalue weighted by Crippen LogP contribution is -2.49. The molecular formula is C25H29N3O2S. The van der Waals surface area contributed by atoms with Crippen molar-refractivity contribution in [2.45, 2.75) is 26.5 Å². The van der Waals surface area contributed by atoms with E-state index in [4.69, 9.17) is 4.42 Å². The zero-order chi connectivity index (χ0) is 21.8. The van der Waals surface area contributed by atoms with Gasteiger partial charge >= 0.3 is 0 Å². The molecule has 0 spiro atoms. The molecule has 2 heterocycles. The Morgan fingerprint density at radius 2 is 1.74 bits per heavy atom. The molecular weight excluding hydrogens is 406 g/mol. The first-order valence-corrected chi connectivity index (χ1v) is 11.9. The van der Waals surface area contributed by atoms with Gasteiger partial charge in [-0.2, -0.15) is 0 Å². The first-order chi connectivity index (χ1) is 15.0. The van der Waals surface area contributed by atoms with Crippen LogP contribution in [0.4, 0.5) is 5.69 Å². The normalized spacial score (nSPS) is 14.2. The van der Waals surface area contributed by atoms with E-state index in [1.807, 2.05) is 24.0 Å². The number of piperazine rings is 1. The van der Waals surface area contributed by atoms with Crippen LogP contribution in [-0.2, 0) is 10.5 Å². The summed E-state index contributed by atoms with van der Waals surface area (Å²) in [6, 6.07) is 16.7. The maximum absolute atomic E-state index is 12.7. The van der Waals surface area contributed by atoms with Crippen LogP contribution >= 0.6 is 11.8 Å². The highest BCUT2D eigenvalue weighted by atomic mass is 32.2. The van der Waals surface area contributed by atoms with Crippen LogP contribution in [0, 0.1) is 20.8 Å². The molecule has 1 amide bonds. The quantitative estimate of drug-likeness (QED) is 0.554. The molecule has 1 saturated heterocycles. The van der Waals surface area contributed by atoms with E-state index >= 15 is 0 Å². The summed E-state index contributed by atoms with van der Waals surface area (Å²) in [5.74, 6) is 2.82. The van der Waals surface area contributed by atoms with Gasteiger partial charge in [-0.05, 0) is 45.0 Å². The molecule has 31 heavy (non-hydrogen) atoms. The van der Waals surface area contributed by atoms with Crippen molar-refractivity contribution in [3.63, 3.8) is 0 Å². The van der Waals surface area contributed by atoms with E-state index in [9.17, 15) is 4.79 Å². The molecule has 0 atom stereocenters. The van der Waals surface area contributed by atoms with Gasteiger partial charge in [0.2, 0.25) is 11.8 Å². The van der Waals surface area contributed by atoms with Gasteiger partial charge in [-0.1, -0.05) is 35.4 Å². The van der Waals surface area contributed by atoms with Gasteiger partial charge in [0.1, 0.15) is 5.76 Å². The first-order valence-electron chi connectivity index (χ1n) is 10.7. The largest absolute Gasteiger partial charge is 0.441 e. The van der Waals surface area contributed by atoms with Gasteiger partial charge in [-0.3, -0.25) is 4.79 Å². The second kappa shape index (κ2) is 9.60. The number of nitrogens with zero attached hydrogens (tertiary/aromatic N) is 3. The Morgan fingerprint density at radius 3 is 2.45 bits per heavy atom. The summed E-state index contributed by atoms with van der Waals surface area (Å²) in [6.07, 6.45) is 0. The molecule has 0 radical (unpaired) electrons. The topological polar surface area (TPSA) is 49.6 Å². The molecule has 0 bridgehead atoms. The number of aromatic nitrogens is 1. The Bertz CT molecular complexity index is 1040. The Labute approximate surface area is 188 Å². The summed E-state index contributed by atoms with van der Waals surface area (Å²) in [5, 5.41) is 0. The van der Waals surface area contributed by atoms with E-state index in [0.29, 0.717) is 17.4 Å². The Hall–Kier alpha value is -2.73. The minimum atomic E-state index is 0.202. The standard InChI is InChI=1S/C25H29N3O2S/c1-18-7-9-22(10-8-18)27-11-13-28(14-12-27)24(29)17-31-16-23-20(3)30-25(26-23)21-6-4-5-19(2)15-21/h4-10,15H,11-14,16-17H2,1-3H3. The second-order valence-corrected chi connectivity index (χ2v) is 9.07. The summed E-state index contributed by atoms with van der Waals surface area (Å²) < 4.78 is 5.87. The van der Waals surface area contributed by atoms with Crippen LogP contribution in [-0.4, -0.2) is 47.7 Å². The zero-order valence-corrected chi connectivity index (χ0v) is 19.2. The Morgan fingerprint density at radius 1 is 1.00 bits per heavy atom. The number of hydrogen-bond donors (Lipinski definition) is 0. The highest BCUT2D eigenvalue weighted by Gasteiger charge is 2.21. The van der Waals surface area contributed by atoms with Gasteiger partial charge in [-0.25, -0.2) is 4.98 Å². The van der Waals surface area contributed by atoms with E-state index in [-0.39, 0.29) is 5.91 Å². The molecule has 1 fully saturated rings. The molecule has 1 aromatic heterocycles. The lowest BCUT2D eigenvalue weighted by molar-refractivity contribution is -0.128. The van der Waals surface area contributed by atoms with E-state index in [1.54, 1.807) is 11.8 Å². The van der Waals surface area contributed by atoms with Crippen LogP contribution in [0.15, 0.2) is 52.9 Å². The van der Waals surface area contributed by atoms with Crippen molar-refractivity contribution in [3.05, 3.63) is 71.1 Å². The zero-order valence-electron chi connectivity index (χ0n) is 18.4. The van der Waals surface area contributed by atoms with Crippen LogP contribution in [0.25, 0.3) is 11.5 Å². The van der Waals surface area contributed by atoms with Crippen LogP contribution in [0.1, 0.15) is 22.6 Å². The predicted octanol–water partition coefficient (Wildman–Crippen LogP) is 4.85. The summed E-state index contributed by atoms with van der Waals surface area (Å²) in [4.78, 5) is 21.7. The summed E-state index contributed by atoms with van der Waals surface area (Å²) in [7, 11) is 0. The van der Waals surface area contributed by atoms with Crippen molar-refractivity contribution in [3.8, 4) is 11.5 Å². The fourth-order valence-electron chi connectivity index (χ4n) is 3.76. The van der Waals surface area contributed by atoms with Gasteiger partial charge in [0.15, 0.2) is 0 Å². The molecule has 1 aliphatic rings. The van der Waals surface area contributed by atoms with E-state index in [0.717, 1.165) is 43.2 Å². The van der Waals surface area contributed by atoms with Crippen molar-refractivity contribution in [2.75, 3.05) is 36.8 Å². The van der Waals surface area contributed by atoms with E-state index in [1.165, 1.54) is 16.8 Å². The monoisotopic (exact) mass is 435 g/mol. The van der Waals surface area contributed by atoms with Crippen molar-refractivity contribution in [1.29, 1.82) is 0 Å². The second-order valence-electron chi connectivity index (χ2n) is 8.09. The van der Waals surface area contributed by atoms with Gasteiger partial charge in [0, 0.05) is 43.2 Å². The summed E-state index contributed by atoms with van der Waals surface area (Å²) >= 11 is 1.61. The fraction of sp³-hybridized carbons (Fsp3) is 0.360. The molecule has 3 aromatic rings. The molecule has 0 aliphatic carbocycles. The number of hydrogen-bond acceptors (Lipinski definition) is 5. The Balaban J connectivity index is 1.26. The van der Waals surface area contributed by atoms with Crippen molar-refractivity contribution < 1.29 is 9.21 Å². The molecule has 5 nitrogen and oxygen atoms in total. The van der Waals surface area contributed by atoms with Crippen molar-refractivity contribution in [2.24, 2.45) is 0 Å². The smallest absolute Gasteiger partial charge is 0.232 e. The van der Waals surface area contributed by atoms with Crippen molar-refractivity contribution in [1.82, 2.24) is 9.88 Å². The molecule has 162 valence electrons. The number of carbonyl (C=O) groups excluding carboxylic acids is 1. The summed E-state index contributed by atoms with van der Waals surface area (Å²) in [5.41, 5.74) is 5.58. The number of benzene rings is 2. The molecule has 0 saturated carbocycles. The third-order valence-electron chi connectivity index (χ3n) is 5.65. The average Bonchev–Trinajstić information content (AvgIpc) is 3.15. The van der Waals surface area contributed by atoms with Gasteiger partial charge in [0.25, 0.3) is 0 Å². The Kier molecular flexibility index (Phi) is 6.66. The predicted molar refractivity (Wildman–Crippen MR) is 128 cm³/mol. The number of anilines is 1. The number of aryl methyl sites for hydroxylation is 3.